The minimum absolute atomic E-state index is 0.262. The van der Waals surface area contributed by atoms with Crippen LogP contribution in [0.25, 0.3) is 0 Å². The first-order chi connectivity index (χ1) is 8.08. The lowest BCUT2D eigenvalue weighted by atomic mass is 9.91. The van der Waals surface area contributed by atoms with Crippen LogP contribution >= 0.6 is 0 Å². The van der Waals surface area contributed by atoms with E-state index >= 15 is 0 Å². The molecule has 4 heteroatoms. The van der Waals surface area contributed by atoms with Crippen molar-refractivity contribution in [1.29, 1.82) is 0 Å². The van der Waals surface area contributed by atoms with E-state index in [0.29, 0.717) is 6.04 Å². The lowest BCUT2D eigenvalue weighted by Crippen LogP contribution is -2.43. The number of fused-ring (bicyclic) bond motifs is 1. The van der Waals surface area contributed by atoms with Crippen molar-refractivity contribution in [1.82, 2.24) is 10.2 Å². The number of nitrogens with one attached hydrogen (secondary N) is 1. The van der Waals surface area contributed by atoms with Crippen LogP contribution in [0.15, 0.2) is 0 Å². The molecule has 1 aliphatic heterocycles. The largest absolute Gasteiger partial charge is 0.353 e. The average Bonchev–Trinajstić information content (AvgIpc) is 2.81. The zero-order chi connectivity index (χ0) is 12.0. The van der Waals surface area contributed by atoms with Crippen molar-refractivity contribution >= 4 is 5.82 Å². The van der Waals surface area contributed by atoms with E-state index in [4.69, 9.17) is 5.73 Å². The van der Waals surface area contributed by atoms with Crippen molar-refractivity contribution in [3.05, 3.63) is 11.3 Å². The van der Waals surface area contributed by atoms with Gasteiger partial charge in [0.15, 0.2) is 5.82 Å². The number of hydrogen-bond acceptors (Lipinski definition) is 3. The molecule has 0 bridgehead atoms. The molecule has 3 rings (SSSR count). The van der Waals surface area contributed by atoms with Crippen LogP contribution in [0.4, 0.5) is 5.82 Å². The first-order valence-electron chi connectivity index (χ1n) is 6.66. The molecule has 0 spiro atoms. The topological polar surface area (TPSA) is 57.9 Å². The summed E-state index contributed by atoms with van der Waals surface area (Å²) in [5.74, 6) is 1.17. The van der Waals surface area contributed by atoms with Crippen molar-refractivity contribution in [3.63, 3.8) is 0 Å². The smallest absolute Gasteiger partial charge is 0.153 e. The molecule has 1 atom stereocenters. The van der Waals surface area contributed by atoms with Gasteiger partial charge in [-0.2, -0.15) is 5.10 Å². The van der Waals surface area contributed by atoms with E-state index in [1.807, 2.05) is 0 Å². The maximum Gasteiger partial charge on any atom is 0.153 e. The molecule has 2 aliphatic rings. The summed E-state index contributed by atoms with van der Waals surface area (Å²) in [5, 5.41) is 7.79. The van der Waals surface area contributed by atoms with Crippen molar-refractivity contribution < 1.29 is 0 Å². The van der Waals surface area contributed by atoms with Crippen LogP contribution in [-0.4, -0.2) is 29.3 Å². The van der Waals surface area contributed by atoms with Gasteiger partial charge in [-0.15, -0.1) is 0 Å². The molecule has 1 saturated heterocycles. The highest BCUT2D eigenvalue weighted by molar-refractivity contribution is 5.53. The van der Waals surface area contributed by atoms with Crippen LogP contribution in [0.1, 0.15) is 44.4 Å². The molecule has 3 N–H and O–H groups in total. The van der Waals surface area contributed by atoms with Gasteiger partial charge in [0.2, 0.25) is 0 Å². The first-order valence-corrected chi connectivity index (χ1v) is 6.66. The van der Waals surface area contributed by atoms with E-state index in [-0.39, 0.29) is 5.41 Å². The van der Waals surface area contributed by atoms with Crippen molar-refractivity contribution in [2.45, 2.75) is 51.0 Å². The normalized spacial score (nSPS) is 27.2. The molecular formula is C13H22N4. The fraction of sp³-hybridized carbons (Fsp3) is 0.769. The van der Waals surface area contributed by atoms with Gasteiger partial charge in [-0.1, -0.05) is 13.8 Å². The Morgan fingerprint density at radius 1 is 1.47 bits per heavy atom. The Bertz CT molecular complexity index is 421. The van der Waals surface area contributed by atoms with E-state index in [9.17, 15) is 0 Å². The predicted molar refractivity (Wildman–Crippen MR) is 69.4 cm³/mol. The monoisotopic (exact) mass is 234 g/mol. The Morgan fingerprint density at radius 2 is 2.29 bits per heavy atom. The minimum Gasteiger partial charge on any atom is -0.353 e. The Morgan fingerprint density at radius 3 is 3.06 bits per heavy atom. The summed E-state index contributed by atoms with van der Waals surface area (Å²) in [7, 11) is 0. The summed E-state index contributed by atoms with van der Waals surface area (Å²) in [6.45, 7) is 6.65. The van der Waals surface area contributed by atoms with Crippen LogP contribution in [-0.2, 0) is 11.8 Å². The number of anilines is 1. The predicted octanol–water partition coefficient (Wildman–Crippen LogP) is 1.56. The van der Waals surface area contributed by atoms with Crippen molar-refractivity contribution in [2.75, 3.05) is 18.0 Å². The maximum absolute atomic E-state index is 6.05. The lowest BCUT2D eigenvalue weighted by molar-refractivity contribution is 0.495. The van der Waals surface area contributed by atoms with Gasteiger partial charge in [0, 0.05) is 35.8 Å². The molecule has 0 amide bonds. The van der Waals surface area contributed by atoms with Crippen LogP contribution in [0.3, 0.4) is 0 Å². The molecule has 17 heavy (non-hydrogen) atoms. The number of nitrogens with two attached hydrogens (primary N) is 1. The molecule has 0 saturated carbocycles. The molecular weight excluding hydrogens is 212 g/mol. The highest BCUT2D eigenvalue weighted by Gasteiger charge is 2.35. The number of aromatic amines is 1. The van der Waals surface area contributed by atoms with Gasteiger partial charge in [-0.3, -0.25) is 5.10 Å². The molecule has 4 nitrogen and oxygen atoms in total. The van der Waals surface area contributed by atoms with Crippen molar-refractivity contribution in [2.24, 2.45) is 5.73 Å². The minimum atomic E-state index is 0.262. The molecule has 1 unspecified atom stereocenters. The fourth-order valence-electron chi connectivity index (χ4n) is 3.18. The van der Waals surface area contributed by atoms with E-state index in [1.54, 1.807) is 0 Å². The van der Waals surface area contributed by atoms with Gasteiger partial charge >= 0.3 is 0 Å². The number of hydrogen-bond donors (Lipinski definition) is 2. The average molecular weight is 234 g/mol. The second-order valence-corrected chi connectivity index (χ2v) is 6.13. The number of aromatic nitrogens is 2. The standard InChI is InChI=1S/C13H22N4/c1-13(2)6-5-10-11(13)15-16-12(10)17-7-3-4-9(14)8-17/h9H,3-8,14H2,1-2H3,(H,15,16). The third kappa shape index (κ3) is 1.75. The first kappa shape index (κ1) is 11.1. The number of nitrogens with zero attached hydrogens (tertiary/aromatic N) is 2. The quantitative estimate of drug-likeness (QED) is 0.775. The number of rotatable bonds is 1. The van der Waals surface area contributed by atoms with Crippen LogP contribution in [0.2, 0.25) is 0 Å². The molecule has 1 aliphatic carbocycles. The zero-order valence-corrected chi connectivity index (χ0v) is 10.8. The van der Waals surface area contributed by atoms with E-state index in [1.165, 1.54) is 29.9 Å². The molecule has 1 aromatic heterocycles. The van der Waals surface area contributed by atoms with Crippen molar-refractivity contribution in [3.8, 4) is 0 Å². The summed E-state index contributed by atoms with van der Waals surface area (Å²) in [6, 6.07) is 0.311. The third-order valence-corrected chi connectivity index (χ3v) is 4.28. The summed E-state index contributed by atoms with van der Waals surface area (Å²) in [4.78, 5) is 2.37. The Hall–Kier alpha value is -1.03. The van der Waals surface area contributed by atoms with Gasteiger partial charge in [-0.25, -0.2) is 0 Å². The summed E-state index contributed by atoms with van der Waals surface area (Å²) in [5.41, 5.74) is 9.09. The van der Waals surface area contributed by atoms with Crippen LogP contribution < -0.4 is 10.6 Å². The molecule has 0 aromatic carbocycles. The summed E-state index contributed by atoms with van der Waals surface area (Å²) >= 11 is 0. The van der Waals surface area contributed by atoms with Gasteiger partial charge in [0.05, 0.1) is 0 Å². The number of H-pyrrole nitrogens is 1. The molecule has 94 valence electrons. The molecule has 1 aromatic rings. The van der Waals surface area contributed by atoms with Crippen LogP contribution in [0.5, 0.6) is 0 Å². The van der Waals surface area contributed by atoms with Crippen LogP contribution in [0, 0.1) is 0 Å². The van der Waals surface area contributed by atoms with E-state index in [0.717, 1.165) is 25.9 Å². The Kier molecular flexibility index (Phi) is 2.43. The fourth-order valence-corrected chi connectivity index (χ4v) is 3.18. The second-order valence-electron chi connectivity index (χ2n) is 6.13. The zero-order valence-electron chi connectivity index (χ0n) is 10.8. The van der Waals surface area contributed by atoms with E-state index < -0.39 is 0 Å². The SMILES string of the molecule is CC1(C)CCc2c(N3CCCC(N)C3)n[nH]c21. The van der Waals surface area contributed by atoms with E-state index in [2.05, 4.69) is 28.9 Å². The molecule has 2 heterocycles. The van der Waals surface area contributed by atoms with Gasteiger partial charge in [-0.05, 0) is 25.7 Å². The summed E-state index contributed by atoms with van der Waals surface area (Å²) in [6.07, 6.45) is 4.71. The van der Waals surface area contributed by atoms with Gasteiger partial charge in [0.1, 0.15) is 0 Å². The summed E-state index contributed by atoms with van der Waals surface area (Å²) < 4.78 is 0. The lowest BCUT2D eigenvalue weighted by Gasteiger charge is -2.31. The third-order valence-electron chi connectivity index (χ3n) is 4.28. The Balaban J connectivity index is 1.90. The highest BCUT2D eigenvalue weighted by Crippen LogP contribution is 2.41. The molecule has 1 fully saturated rings. The Labute approximate surface area is 103 Å². The maximum atomic E-state index is 6.05. The second kappa shape index (κ2) is 3.73. The molecule has 0 radical (unpaired) electrons. The highest BCUT2D eigenvalue weighted by atomic mass is 15.3. The number of piperidine rings is 1. The van der Waals surface area contributed by atoms with Gasteiger partial charge < -0.3 is 10.6 Å². The van der Waals surface area contributed by atoms with Gasteiger partial charge in [0.25, 0.3) is 0 Å².